The predicted octanol–water partition coefficient (Wildman–Crippen LogP) is 3.28. The summed E-state index contributed by atoms with van der Waals surface area (Å²) < 4.78 is 13.1. The minimum absolute atomic E-state index is 0.0123. The van der Waals surface area contributed by atoms with E-state index in [2.05, 4.69) is 20.9 Å². The second-order valence-corrected chi connectivity index (χ2v) is 9.12. The first-order valence-electron chi connectivity index (χ1n) is 10.2. The number of esters is 1. The number of rotatable bonds is 5. The highest BCUT2D eigenvalue weighted by molar-refractivity contribution is 9.10. The minimum atomic E-state index is -0.651. The number of fused-ring (bicyclic) bond motifs is 1. The average molecular weight is 529 g/mol. The van der Waals surface area contributed by atoms with E-state index in [0.29, 0.717) is 36.4 Å². The summed E-state index contributed by atoms with van der Waals surface area (Å²) in [6.07, 6.45) is 1.71. The lowest BCUT2D eigenvalue weighted by molar-refractivity contribution is -0.139. The molecule has 33 heavy (non-hydrogen) atoms. The Labute approximate surface area is 202 Å². The van der Waals surface area contributed by atoms with E-state index in [9.17, 15) is 14.7 Å². The van der Waals surface area contributed by atoms with Crippen molar-refractivity contribution in [3.05, 3.63) is 89.0 Å². The number of carbonyl (C=O) groups excluding carboxylic acids is 1. The van der Waals surface area contributed by atoms with Crippen LogP contribution >= 0.6 is 27.3 Å². The van der Waals surface area contributed by atoms with Crippen LogP contribution in [-0.2, 0) is 9.53 Å². The molecule has 0 bridgehead atoms. The van der Waals surface area contributed by atoms with Crippen LogP contribution in [0.3, 0.4) is 0 Å². The van der Waals surface area contributed by atoms with Gasteiger partial charge in [0.1, 0.15) is 0 Å². The fourth-order valence-corrected chi connectivity index (χ4v) is 5.20. The van der Waals surface area contributed by atoms with E-state index < -0.39 is 12.0 Å². The Morgan fingerprint density at radius 2 is 2.03 bits per heavy atom. The number of methoxy groups -OCH3 is 1. The van der Waals surface area contributed by atoms with Crippen molar-refractivity contribution in [2.45, 2.75) is 19.9 Å². The molecule has 0 unspecified atom stereocenters. The van der Waals surface area contributed by atoms with Crippen molar-refractivity contribution in [3.63, 3.8) is 0 Å². The summed E-state index contributed by atoms with van der Waals surface area (Å²) in [5.74, 6) is -0.213. The van der Waals surface area contributed by atoms with Gasteiger partial charge in [-0.15, -0.1) is 0 Å². The van der Waals surface area contributed by atoms with Crippen molar-refractivity contribution >= 4 is 39.3 Å². The number of thiazole rings is 1. The van der Waals surface area contributed by atoms with Crippen LogP contribution in [-0.4, -0.2) is 29.4 Å². The van der Waals surface area contributed by atoms with Crippen LogP contribution in [0.2, 0.25) is 0 Å². The molecule has 170 valence electrons. The number of ether oxygens (including phenoxy) is 2. The summed E-state index contributed by atoms with van der Waals surface area (Å²) in [6.45, 7) is 3.71. The smallest absolute Gasteiger partial charge is 0.338 e. The second kappa shape index (κ2) is 9.36. The number of allylic oxidation sites excluding steroid dienone is 1. The highest BCUT2D eigenvalue weighted by atomic mass is 79.9. The number of hydrogen-bond acceptors (Lipinski definition) is 7. The van der Waals surface area contributed by atoms with E-state index in [-0.39, 0.29) is 17.9 Å². The molecule has 7 nitrogen and oxygen atoms in total. The Morgan fingerprint density at radius 1 is 1.30 bits per heavy atom. The molecule has 0 aliphatic carbocycles. The monoisotopic (exact) mass is 528 g/mol. The Kier molecular flexibility index (Phi) is 6.53. The van der Waals surface area contributed by atoms with Crippen LogP contribution in [0.4, 0.5) is 0 Å². The van der Waals surface area contributed by atoms with Crippen LogP contribution in [0.25, 0.3) is 6.08 Å². The maximum Gasteiger partial charge on any atom is 0.338 e. The molecule has 2 heterocycles. The van der Waals surface area contributed by atoms with E-state index in [1.165, 1.54) is 29.1 Å². The summed E-state index contributed by atoms with van der Waals surface area (Å²) in [4.78, 5) is 31.5. The highest BCUT2D eigenvalue weighted by Crippen LogP contribution is 2.33. The third kappa shape index (κ3) is 4.26. The normalized spacial score (nSPS) is 15.8. The number of benzene rings is 2. The first-order valence-corrected chi connectivity index (χ1v) is 11.8. The molecule has 0 fully saturated rings. The molecule has 3 aromatic rings. The first kappa shape index (κ1) is 23.0. The summed E-state index contributed by atoms with van der Waals surface area (Å²) >= 11 is 4.65. The summed E-state index contributed by atoms with van der Waals surface area (Å²) in [7, 11) is 1.46. The van der Waals surface area contributed by atoms with E-state index >= 15 is 0 Å². The third-order valence-corrected chi connectivity index (χ3v) is 6.89. The molecule has 0 spiro atoms. The first-order chi connectivity index (χ1) is 15.8. The van der Waals surface area contributed by atoms with Gasteiger partial charge in [-0.3, -0.25) is 9.36 Å². The minimum Gasteiger partial charge on any atom is -0.504 e. The lowest BCUT2D eigenvalue weighted by atomic mass is 9.96. The zero-order chi connectivity index (χ0) is 23.7. The fraction of sp³-hybridized carbons (Fsp3) is 0.208. The maximum absolute atomic E-state index is 13.6. The van der Waals surface area contributed by atoms with Crippen molar-refractivity contribution in [2.24, 2.45) is 4.99 Å². The number of aromatic nitrogens is 1. The molecule has 0 saturated heterocycles. The SMILES string of the molecule is CCOC(=O)C1=C(C)N=c2sc(=Cc3cc(OC)c(O)cc3Br)c(=O)n2[C@@H]1c1ccccc1. The predicted molar refractivity (Wildman–Crippen MR) is 129 cm³/mol. The summed E-state index contributed by atoms with van der Waals surface area (Å²) in [6, 6.07) is 11.9. The van der Waals surface area contributed by atoms with Gasteiger partial charge in [0.05, 0.1) is 35.6 Å². The number of carbonyl (C=O) groups is 1. The fourth-order valence-electron chi connectivity index (χ4n) is 3.72. The summed E-state index contributed by atoms with van der Waals surface area (Å²) in [5, 5.41) is 9.99. The second-order valence-electron chi connectivity index (χ2n) is 7.26. The van der Waals surface area contributed by atoms with Crippen molar-refractivity contribution in [3.8, 4) is 11.5 Å². The number of hydrogen-bond donors (Lipinski definition) is 1. The molecule has 2 aromatic carbocycles. The van der Waals surface area contributed by atoms with Crippen LogP contribution in [0.1, 0.15) is 31.0 Å². The van der Waals surface area contributed by atoms with Gasteiger partial charge in [0.2, 0.25) is 0 Å². The number of phenolic OH excluding ortho intramolecular Hbond substituents is 1. The average Bonchev–Trinajstić information content (AvgIpc) is 3.09. The standard InChI is InChI=1S/C24H21BrN2O5S/c1-4-32-23(30)20-13(2)26-24-27(21(20)14-8-6-5-7-9-14)22(29)19(33-24)11-15-10-18(31-3)17(28)12-16(15)25/h5-12,21,28H,4H2,1-3H3/t21-/m1/s1. The molecular weight excluding hydrogens is 508 g/mol. The van der Waals surface area contributed by atoms with Gasteiger partial charge >= 0.3 is 5.97 Å². The molecule has 9 heteroatoms. The van der Waals surface area contributed by atoms with Crippen molar-refractivity contribution in [1.82, 2.24) is 4.57 Å². The van der Waals surface area contributed by atoms with Gasteiger partial charge in [0, 0.05) is 4.47 Å². The van der Waals surface area contributed by atoms with Gasteiger partial charge in [-0.2, -0.15) is 0 Å². The van der Waals surface area contributed by atoms with Crippen LogP contribution in [0, 0.1) is 0 Å². The highest BCUT2D eigenvalue weighted by Gasteiger charge is 2.33. The van der Waals surface area contributed by atoms with Gasteiger partial charge in [0.15, 0.2) is 16.3 Å². The molecule has 1 atom stereocenters. The molecule has 1 aliphatic heterocycles. The molecule has 0 radical (unpaired) electrons. The van der Waals surface area contributed by atoms with Gasteiger partial charge in [-0.1, -0.05) is 57.6 Å². The van der Waals surface area contributed by atoms with Crippen LogP contribution in [0.15, 0.2) is 68.0 Å². The van der Waals surface area contributed by atoms with E-state index in [1.54, 1.807) is 26.0 Å². The largest absolute Gasteiger partial charge is 0.504 e. The van der Waals surface area contributed by atoms with Gasteiger partial charge in [0.25, 0.3) is 5.56 Å². The van der Waals surface area contributed by atoms with E-state index in [1.807, 2.05) is 30.3 Å². The van der Waals surface area contributed by atoms with Crippen molar-refractivity contribution in [1.29, 1.82) is 0 Å². The Hall–Kier alpha value is -3.17. The quantitative estimate of drug-likeness (QED) is 0.513. The van der Waals surface area contributed by atoms with E-state index in [0.717, 1.165) is 5.56 Å². The van der Waals surface area contributed by atoms with E-state index in [4.69, 9.17) is 9.47 Å². The Bertz CT molecular complexity index is 1440. The topological polar surface area (TPSA) is 90.1 Å². The maximum atomic E-state index is 13.6. The van der Waals surface area contributed by atoms with Gasteiger partial charge < -0.3 is 14.6 Å². The number of halogens is 1. The van der Waals surface area contributed by atoms with Gasteiger partial charge in [-0.05, 0) is 43.2 Å². The molecular formula is C24H21BrN2O5S. The molecule has 1 aliphatic rings. The Balaban J connectivity index is 1.96. The molecule has 1 aromatic heterocycles. The summed E-state index contributed by atoms with van der Waals surface area (Å²) in [5.41, 5.74) is 2.03. The molecule has 1 N–H and O–H groups in total. The number of aromatic hydroxyl groups is 1. The van der Waals surface area contributed by atoms with Crippen molar-refractivity contribution < 1.29 is 19.4 Å². The zero-order valence-electron chi connectivity index (χ0n) is 18.2. The Morgan fingerprint density at radius 3 is 2.70 bits per heavy atom. The van der Waals surface area contributed by atoms with Crippen LogP contribution < -0.4 is 19.6 Å². The number of nitrogens with zero attached hydrogens (tertiary/aromatic N) is 2. The third-order valence-electron chi connectivity index (χ3n) is 5.22. The molecule has 0 saturated carbocycles. The van der Waals surface area contributed by atoms with Crippen molar-refractivity contribution in [2.75, 3.05) is 13.7 Å². The van der Waals surface area contributed by atoms with Gasteiger partial charge in [-0.25, -0.2) is 9.79 Å². The lowest BCUT2D eigenvalue weighted by Gasteiger charge is -2.24. The number of phenols is 1. The molecule has 4 rings (SSSR count). The zero-order valence-corrected chi connectivity index (χ0v) is 20.6. The molecule has 0 amide bonds. The lowest BCUT2D eigenvalue weighted by Crippen LogP contribution is -2.39. The van der Waals surface area contributed by atoms with Crippen LogP contribution in [0.5, 0.6) is 11.5 Å².